The van der Waals surface area contributed by atoms with Crippen molar-refractivity contribution >= 4 is 23.1 Å². The van der Waals surface area contributed by atoms with Gasteiger partial charge in [-0.05, 0) is 49.2 Å². The third kappa shape index (κ3) is 4.29. The molecular formula is C27H27NO6. The number of rotatable bonds is 7. The number of para-hydroxylation sites is 2. The standard InChI is InChI=1S/C27H27NO6/c1-16(2)15-33-19-9-7-8-18(14-19)25(29)23-24(22-13-12-17(3)34-22)28(27(31)26(23)30)20-10-5-6-11-21(20)32-4/h5-14,16,24,29H,15H2,1-4H3/b25-23-. The number of amides is 1. The lowest BCUT2D eigenvalue weighted by molar-refractivity contribution is -0.132. The van der Waals surface area contributed by atoms with E-state index in [0.29, 0.717) is 46.8 Å². The van der Waals surface area contributed by atoms with Gasteiger partial charge in [-0.2, -0.15) is 0 Å². The summed E-state index contributed by atoms with van der Waals surface area (Å²) in [5.74, 6) is 0.383. The maximum Gasteiger partial charge on any atom is 0.300 e. The summed E-state index contributed by atoms with van der Waals surface area (Å²) in [6, 6.07) is 16.2. The molecule has 0 aliphatic carbocycles. The van der Waals surface area contributed by atoms with Crippen molar-refractivity contribution in [3.05, 3.63) is 83.3 Å². The summed E-state index contributed by atoms with van der Waals surface area (Å²) in [6.45, 7) is 6.35. The van der Waals surface area contributed by atoms with Crippen molar-refractivity contribution in [1.82, 2.24) is 0 Å². The molecule has 4 rings (SSSR count). The number of anilines is 1. The number of aryl methyl sites for hydroxylation is 1. The Labute approximate surface area is 198 Å². The summed E-state index contributed by atoms with van der Waals surface area (Å²) in [7, 11) is 1.49. The van der Waals surface area contributed by atoms with Crippen LogP contribution in [-0.4, -0.2) is 30.5 Å². The SMILES string of the molecule is COc1ccccc1N1C(=O)C(=O)/C(=C(\O)c2cccc(OCC(C)C)c2)C1c1ccc(C)o1. The molecule has 7 nitrogen and oxygen atoms in total. The molecule has 0 radical (unpaired) electrons. The van der Waals surface area contributed by atoms with E-state index in [-0.39, 0.29) is 11.3 Å². The Morgan fingerprint density at radius 3 is 2.53 bits per heavy atom. The summed E-state index contributed by atoms with van der Waals surface area (Å²) in [6.07, 6.45) is 0. The number of hydrogen-bond donors (Lipinski definition) is 1. The number of carbonyl (C=O) groups excluding carboxylic acids is 2. The van der Waals surface area contributed by atoms with Crippen LogP contribution >= 0.6 is 0 Å². The van der Waals surface area contributed by atoms with E-state index in [9.17, 15) is 14.7 Å². The zero-order chi connectivity index (χ0) is 24.4. The number of methoxy groups -OCH3 is 1. The van der Waals surface area contributed by atoms with Crippen LogP contribution in [0.25, 0.3) is 5.76 Å². The lowest BCUT2D eigenvalue weighted by Gasteiger charge is -2.25. The molecule has 1 atom stereocenters. The van der Waals surface area contributed by atoms with Gasteiger partial charge in [-0.25, -0.2) is 0 Å². The van der Waals surface area contributed by atoms with Gasteiger partial charge in [0.1, 0.15) is 34.8 Å². The first-order valence-electron chi connectivity index (χ1n) is 11.1. The van der Waals surface area contributed by atoms with Crippen molar-refractivity contribution in [2.45, 2.75) is 26.8 Å². The Kier molecular flexibility index (Phi) is 6.45. The molecule has 176 valence electrons. The molecule has 1 aliphatic rings. The fraction of sp³-hybridized carbons (Fsp3) is 0.259. The van der Waals surface area contributed by atoms with Crippen molar-refractivity contribution in [2.75, 3.05) is 18.6 Å². The van der Waals surface area contributed by atoms with Crippen molar-refractivity contribution in [3.8, 4) is 11.5 Å². The summed E-state index contributed by atoms with van der Waals surface area (Å²) in [5, 5.41) is 11.3. The Morgan fingerprint density at radius 2 is 1.85 bits per heavy atom. The van der Waals surface area contributed by atoms with Crippen LogP contribution in [0.1, 0.15) is 37.0 Å². The van der Waals surface area contributed by atoms with E-state index >= 15 is 0 Å². The summed E-state index contributed by atoms with van der Waals surface area (Å²) >= 11 is 0. The number of Topliss-reactive ketones (excluding diaryl/α,β-unsaturated/α-hetero) is 1. The van der Waals surface area contributed by atoms with Crippen LogP contribution in [0.4, 0.5) is 5.69 Å². The van der Waals surface area contributed by atoms with Gasteiger partial charge in [0.05, 0.1) is 25.0 Å². The number of furan rings is 1. The van der Waals surface area contributed by atoms with E-state index in [0.717, 1.165) is 0 Å². The average molecular weight is 462 g/mol. The highest BCUT2D eigenvalue weighted by Crippen LogP contribution is 2.45. The van der Waals surface area contributed by atoms with E-state index in [1.54, 1.807) is 67.6 Å². The van der Waals surface area contributed by atoms with Gasteiger partial charge in [0.2, 0.25) is 0 Å². The first-order chi connectivity index (χ1) is 16.3. The molecule has 7 heteroatoms. The van der Waals surface area contributed by atoms with Gasteiger partial charge in [0.15, 0.2) is 0 Å². The summed E-state index contributed by atoms with van der Waals surface area (Å²) in [4.78, 5) is 27.8. The second kappa shape index (κ2) is 9.47. The van der Waals surface area contributed by atoms with Crippen LogP contribution in [0.5, 0.6) is 11.5 Å². The molecule has 0 bridgehead atoms. The maximum atomic E-state index is 13.3. The van der Waals surface area contributed by atoms with Gasteiger partial charge in [0, 0.05) is 5.56 Å². The number of nitrogens with zero attached hydrogens (tertiary/aromatic N) is 1. The fourth-order valence-electron chi connectivity index (χ4n) is 3.93. The predicted molar refractivity (Wildman–Crippen MR) is 128 cm³/mol. The molecule has 2 aromatic carbocycles. The zero-order valence-corrected chi connectivity index (χ0v) is 19.6. The van der Waals surface area contributed by atoms with E-state index < -0.39 is 17.7 Å². The number of aliphatic hydroxyl groups excluding tert-OH is 1. The number of ketones is 1. The van der Waals surface area contributed by atoms with Crippen LogP contribution in [0.15, 0.2) is 70.7 Å². The number of aliphatic hydroxyl groups is 1. The van der Waals surface area contributed by atoms with E-state index in [1.807, 2.05) is 13.8 Å². The van der Waals surface area contributed by atoms with E-state index in [2.05, 4.69) is 0 Å². The van der Waals surface area contributed by atoms with Gasteiger partial charge in [0.25, 0.3) is 11.7 Å². The Bertz CT molecular complexity index is 1260. The molecule has 1 saturated heterocycles. The highest BCUT2D eigenvalue weighted by molar-refractivity contribution is 6.51. The quantitative estimate of drug-likeness (QED) is 0.293. The molecule has 0 spiro atoms. The average Bonchev–Trinajstić information content (AvgIpc) is 3.38. The Hall–Kier alpha value is -4.00. The summed E-state index contributed by atoms with van der Waals surface area (Å²) in [5.41, 5.74) is 0.707. The molecule has 1 unspecified atom stereocenters. The highest BCUT2D eigenvalue weighted by atomic mass is 16.5. The van der Waals surface area contributed by atoms with Crippen molar-refractivity contribution in [1.29, 1.82) is 0 Å². The molecular weight excluding hydrogens is 434 g/mol. The second-order valence-electron chi connectivity index (χ2n) is 8.52. The van der Waals surface area contributed by atoms with Gasteiger partial charge >= 0.3 is 0 Å². The van der Waals surface area contributed by atoms with Crippen molar-refractivity contribution < 1.29 is 28.6 Å². The third-order valence-electron chi connectivity index (χ3n) is 5.51. The lowest BCUT2D eigenvalue weighted by atomic mass is 9.99. The minimum atomic E-state index is -0.967. The molecule has 2 heterocycles. The Morgan fingerprint density at radius 1 is 1.09 bits per heavy atom. The molecule has 34 heavy (non-hydrogen) atoms. The topological polar surface area (TPSA) is 89.2 Å². The maximum absolute atomic E-state index is 13.3. The largest absolute Gasteiger partial charge is 0.507 e. The number of benzene rings is 2. The van der Waals surface area contributed by atoms with Crippen LogP contribution in [0, 0.1) is 12.8 Å². The lowest BCUT2D eigenvalue weighted by Crippen LogP contribution is -2.29. The van der Waals surface area contributed by atoms with E-state index in [1.165, 1.54) is 12.0 Å². The normalized spacial score (nSPS) is 17.4. The fourth-order valence-corrected chi connectivity index (χ4v) is 3.93. The first kappa shape index (κ1) is 23.2. The van der Waals surface area contributed by atoms with E-state index in [4.69, 9.17) is 13.9 Å². The molecule has 1 fully saturated rings. The van der Waals surface area contributed by atoms with Gasteiger partial charge < -0.3 is 19.0 Å². The molecule has 3 aromatic rings. The minimum Gasteiger partial charge on any atom is -0.507 e. The van der Waals surface area contributed by atoms with Crippen LogP contribution < -0.4 is 14.4 Å². The summed E-state index contributed by atoms with van der Waals surface area (Å²) < 4.78 is 17.1. The molecule has 1 aromatic heterocycles. The molecule has 1 amide bonds. The number of ether oxygens (including phenoxy) is 2. The molecule has 1 aliphatic heterocycles. The smallest absolute Gasteiger partial charge is 0.300 e. The van der Waals surface area contributed by atoms with Gasteiger partial charge in [-0.3, -0.25) is 14.5 Å². The Balaban J connectivity index is 1.87. The minimum absolute atomic E-state index is 0.0636. The van der Waals surface area contributed by atoms with Crippen molar-refractivity contribution in [2.24, 2.45) is 5.92 Å². The zero-order valence-electron chi connectivity index (χ0n) is 19.6. The van der Waals surface area contributed by atoms with Crippen molar-refractivity contribution in [3.63, 3.8) is 0 Å². The number of hydrogen-bond acceptors (Lipinski definition) is 6. The highest BCUT2D eigenvalue weighted by Gasteiger charge is 2.49. The third-order valence-corrected chi connectivity index (χ3v) is 5.51. The molecule has 0 saturated carbocycles. The number of carbonyl (C=O) groups is 2. The first-order valence-corrected chi connectivity index (χ1v) is 11.1. The second-order valence-corrected chi connectivity index (χ2v) is 8.52. The van der Waals surface area contributed by atoms with Crippen LogP contribution in [0.3, 0.4) is 0 Å². The van der Waals surface area contributed by atoms with Gasteiger partial charge in [-0.15, -0.1) is 0 Å². The monoisotopic (exact) mass is 461 g/mol. The van der Waals surface area contributed by atoms with Crippen LogP contribution in [-0.2, 0) is 9.59 Å². The van der Waals surface area contributed by atoms with Gasteiger partial charge in [-0.1, -0.05) is 38.1 Å². The molecule has 1 N–H and O–H groups in total. The van der Waals surface area contributed by atoms with Crippen LogP contribution in [0.2, 0.25) is 0 Å². The predicted octanol–water partition coefficient (Wildman–Crippen LogP) is 5.26.